The third-order valence-electron chi connectivity index (χ3n) is 5.77. The lowest BCUT2D eigenvalue weighted by molar-refractivity contribution is -0.115. The molecular formula is C22H25N7O2. The molecule has 1 fully saturated rings. The second-order valence-corrected chi connectivity index (χ2v) is 7.64. The van der Waals surface area contributed by atoms with Crippen molar-refractivity contribution >= 4 is 34.1 Å². The summed E-state index contributed by atoms with van der Waals surface area (Å²) in [5.41, 5.74) is 3.94. The molecule has 0 radical (unpaired) electrons. The van der Waals surface area contributed by atoms with Gasteiger partial charge in [-0.1, -0.05) is 6.92 Å². The van der Waals surface area contributed by atoms with E-state index in [-0.39, 0.29) is 5.91 Å². The second kappa shape index (κ2) is 7.99. The van der Waals surface area contributed by atoms with Crippen LogP contribution in [0.15, 0.2) is 36.8 Å². The van der Waals surface area contributed by atoms with Crippen LogP contribution in [-0.2, 0) is 9.53 Å². The molecule has 0 bridgehead atoms. The number of nitrogens with one attached hydrogen (secondary N) is 2. The first-order valence-electron chi connectivity index (χ1n) is 10.6. The van der Waals surface area contributed by atoms with E-state index in [1.807, 2.05) is 32.3 Å². The molecule has 5 heterocycles. The normalized spacial score (nSPS) is 14.9. The molecule has 1 saturated heterocycles. The van der Waals surface area contributed by atoms with E-state index in [0.29, 0.717) is 23.8 Å². The highest BCUT2D eigenvalue weighted by atomic mass is 16.5. The Bertz CT molecular complexity index is 1250. The predicted molar refractivity (Wildman–Crippen MR) is 119 cm³/mol. The zero-order chi connectivity index (χ0) is 21.4. The van der Waals surface area contributed by atoms with Crippen LogP contribution in [0.1, 0.15) is 32.2 Å². The van der Waals surface area contributed by atoms with Crippen molar-refractivity contribution in [3.8, 4) is 11.3 Å². The summed E-state index contributed by atoms with van der Waals surface area (Å²) >= 11 is 0. The van der Waals surface area contributed by atoms with Crippen molar-refractivity contribution in [3.63, 3.8) is 0 Å². The van der Waals surface area contributed by atoms with Crippen molar-refractivity contribution < 1.29 is 9.53 Å². The summed E-state index contributed by atoms with van der Waals surface area (Å²) in [5, 5.41) is 11.5. The molecule has 0 aliphatic carbocycles. The first kappa shape index (κ1) is 19.5. The molecule has 0 spiro atoms. The predicted octanol–water partition coefficient (Wildman–Crippen LogP) is 3.49. The average Bonchev–Trinajstić information content (AvgIpc) is 3.40. The minimum Gasteiger partial charge on any atom is -0.381 e. The zero-order valence-electron chi connectivity index (χ0n) is 17.6. The van der Waals surface area contributed by atoms with Crippen molar-refractivity contribution in [3.05, 3.63) is 36.8 Å². The smallest absolute Gasteiger partial charge is 0.224 e. The van der Waals surface area contributed by atoms with Gasteiger partial charge in [0.25, 0.3) is 0 Å². The van der Waals surface area contributed by atoms with E-state index in [1.54, 1.807) is 10.7 Å². The molecule has 1 aliphatic rings. The molecule has 1 aliphatic heterocycles. The molecule has 9 heteroatoms. The minimum atomic E-state index is -0.0755. The Morgan fingerprint density at radius 1 is 1.29 bits per heavy atom. The Labute approximate surface area is 179 Å². The van der Waals surface area contributed by atoms with Gasteiger partial charge in [-0.05, 0) is 25.0 Å². The van der Waals surface area contributed by atoms with Crippen LogP contribution in [0.3, 0.4) is 0 Å². The van der Waals surface area contributed by atoms with Gasteiger partial charge in [-0.15, -0.1) is 0 Å². The molecule has 31 heavy (non-hydrogen) atoms. The van der Waals surface area contributed by atoms with Gasteiger partial charge in [0.2, 0.25) is 5.91 Å². The van der Waals surface area contributed by atoms with E-state index in [0.717, 1.165) is 54.2 Å². The van der Waals surface area contributed by atoms with E-state index in [4.69, 9.17) is 9.72 Å². The summed E-state index contributed by atoms with van der Waals surface area (Å²) in [4.78, 5) is 21.5. The number of rotatable bonds is 5. The zero-order valence-corrected chi connectivity index (χ0v) is 17.6. The number of aromatic nitrogens is 5. The Morgan fingerprint density at radius 2 is 2.13 bits per heavy atom. The largest absolute Gasteiger partial charge is 0.381 e. The highest BCUT2D eigenvalue weighted by Crippen LogP contribution is 2.35. The van der Waals surface area contributed by atoms with Crippen LogP contribution in [0, 0.1) is 0 Å². The van der Waals surface area contributed by atoms with Gasteiger partial charge >= 0.3 is 0 Å². The maximum absolute atomic E-state index is 12.0. The molecule has 2 N–H and O–H groups in total. The van der Waals surface area contributed by atoms with E-state index in [1.165, 1.54) is 0 Å². The average molecular weight is 419 g/mol. The van der Waals surface area contributed by atoms with Crippen molar-refractivity contribution in [1.29, 1.82) is 0 Å². The number of carbonyl (C=O) groups is 1. The van der Waals surface area contributed by atoms with Gasteiger partial charge in [0.05, 0.1) is 11.9 Å². The lowest BCUT2D eigenvalue weighted by Gasteiger charge is -2.24. The molecule has 0 saturated carbocycles. The van der Waals surface area contributed by atoms with Crippen molar-refractivity contribution in [1.82, 2.24) is 24.1 Å². The molecule has 1 amide bonds. The number of amides is 1. The van der Waals surface area contributed by atoms with Crippen molar-refractivity contribution in [2.75, 3.05) is 30.9 Å². The molecule has 4 aromatic rings. The Morgan fingerprint density at radius 3 is 2.90 bits per heavy atom. The van der Waals surface area contributed by atoms with Gasteiger partial charge in [-0.3, -0.25) is 4.79 Å². The van der Waals surface area contributed by atoms with E-state index in [9.17, 15) is 4.79 Å². The number of carbonyl (C=O) groups excluding carboxylic acids is 1. The van der Waals surface area contributed by atoms with Gasteiger partial charge in [0, 0.05) is 62.1 Å². The Kier molecular flexibility index (Phi) is 5.03. The summed E-state index contributed by atoms with van der Waals surface area (Å²) in [6, 6.07) is 6.35. The fourth-order valence-corrected chi connectivity index (χ4v) is 4.13. The molecule has 160 valence electrons. The quantitative estimate of drug-likeness (QED) is 0.514. The first-order chi connectivity index (χ1) is 15.2. The Hall–Kier alpha value is -3.46. The van der Waals surface area contributed by atoms with Gasteiger partial charge in [0.1, 0.15) is 17.2 Å². The molecule has 0 aromatic carbocycles. The first-order valence-corrected chi connectivity index (χ1v) is 10.6. The lowest BCUT2D eigenvalue weighted by atomic mass is 10.1. The molecule has 0 atom stereocenters. The number of fused-ring (bicyclic) bond motifs is 2. The minimum absolute atomic E-state index is 0.0755. The van der Waals surface area contributed by atoms with Gasteiger partial charge in [0.15, 0.2) is 5.65 Å². The fraction of sp³-hybridized carbons (Fsp3) is 0.364. The molecule has 9 nitrogen and oxygen atoms in total. The van der Waals surface area contributed by atoms with Crippen LogP contribution >= 0.6 is 0 Å². The Balaban J connectivity index is 1.68. The SMILES string of the molecule is CCC(=O)Nc1cnn2c(NC)cc(-c3cn(C4CCOCC4)c4ncccc34)nc12. The maximum atomic E-state index is 12.0. The third kappa shape index (κ3) is 3.40. The summed E-state index contributed by atoms with van der Waals surface area (Å²) in [6.45, 7) is 3.34. The van der Waals surface area contributed by atoms with Crippen LogP contribution in [0.5, 0.6) is 0 Å². The molecule has 5 rings (SSSR count). The number of anilines is 2. The topological polar surface area (TPSA) is 98.4 Å². The molecule has 0 unspecified atom stereocenters. The van der Waals surface area contributed by atoms with Gasteiger partial charge < -0.3 is 19.9 Å². The van der Waals surface area contributed by atoms with Gasteiger partial charge in [-0.25, -0.2) is 9.97 Å². The van der Waals surface area contributed by atoms with Crippen LogP contribution in [0.25, 0.3) is 27.9 Å². The van der Waals surface area contributed by atoms with E-state index < -0.39 is 0 Å². The highest BCUT2D eigenvalue weighted by molar-refractivity contribution is 5.96. The van der Waals surface area contributed by atoms with Gasteiger partial charge in [-0.2, -0.15) is 9.61 Å². The summed E-state index contributed by atoms with van der Waals surface area (Å²) in [6.07, 6.45) is 7.92. The number of pyridine rings is 1. The number of hydrogen-bond acceptors (Lipinski definition) is 6. The van der Waals surface area contributed by atoms with Crippen molar-refractivity contribution in [2.24, 2.45) is 0 Å². The number of ether oxygens (including phenoxy) is 1. The number of hydrogen-bond donors (Lipinski definition) is 2. The molecule has 4 aromatic heterocycles. The van der Waals surface area contributed by atoms with Crippen LogP contribution in [-0.4, -0.2) is 50.3 Å². The van der Waals surface area contributed by atoms with E-state index in [2.05, 4.69) is 37.5 Å². The molecular weight excluding hydrogens is 394 g/mol. The maximum Gasteiger partial charge on any atom is 0.224 e. The summed E-state index contributed by atoms with van der Waals surface area (Å²) in [7, 11) is 1.84. The second-order valence-electron chi connectivity index (χ2n) is 7.64. The van der Waals surface area contributed by atoms with Crippen molar-refractivity contribution in [2.45, 2.75) is 32.2 Å². The summed E-state index contributed by atoms with van der Waals surface area (Å²) < 4.78 is 9.51. The fourth-order valence-electron chi connectivity index (χ4n) is 4.13. The summed E-state index contributed by atoms with van der Waals surface area (Å²) in [5.74, 6) is 0.710. The van der Waals surface area contributed by atoms with Crippen LogP contribution < -0.4 is 10.6 Å². The van der Waals surface area contributed by atoms with Crippen LogP contribution in [0.2, 0.25) is 0 Å². The number of nitrogens with zero attached hydrogens (tertiary/aromatic N) is 5. The van der Waals surface area contributed by atoms with Crippen LogP contribution in [0.4, 0.5) is 11.5 Å². The highest BCUT2D eigenvalue weighted by Gasteiger charge is 2.22. The lowest BCUT2D eigenvalue weighted by Crippen LogP contribution is -2.19. The third-order valence-corrected chi connectivity index (χ3v) is 5.77. The standard InChI is InChI=1S/C22H25N7O2/c1-3-20(30)26-18-12-25-29-19(23-2)11-17(27-22(18)29)16-13-28(14-6-9-31-10-7-14)21-15(16)5-4-8-24-21/h4-5,8,11-14,23H,3,6-7,9-10H2,1-2H3,(H,26,30). The van der Waals surface area contributed by atoms with E-state index >= 15 is 0 Å². The monoisotopic (exact) mass is 419 g/mol.